The van der Waals surface area contributed by atoms with E-state index in [-0.39, 0.29) is 5.69 Å². The molecule has 0 spiro atoms. The zero-order valence-corrected chi connectivity index (χ0v) is 10.7. The van der Waals surface area contributed by atoms with Crippen molar-refractivity contribution in [3.8, 4) is 0 Å². The van der Waals surface area contributed by atoms with Crippen LogP contribution in [0.15, 0.2) is 6.07 Å². The van der Waals surface area contributed by atoms with Crippen molar-refractivity contribution < 1.29 is 19.1 Å². The highest BCUT2D eigenvalue weighted by atomic mass is 16.5. The van der Waals surface area contributed by atoms with Gasteiger partial charge in [0.1, 0.15) is 0 Å². The standard InChI is InChI=1S/C11H16N4O4/c1-3-4-7-5-8(15-14-7)10(17)19-6(2)9(16)13-11(12)18/h5-6H,3-4H2,1-2H3,(H,14,15)(H3,12,13,16,18)/t6-/m0/s1. The second-order valence-electron chi connectivity index (χ2n) is 3.93. The number of carbonyl (C=O) groups excluding carboxylic acids is 3. The molecular weight excluding hydrogens is 252 g/mol. The number of urea groups is 1. The summed E-state index contributed by atoms with van der Waals surface area (Å²) in [6.45, 7) is 3.32. The number of aromatic nitrogens is 2. The van der Waals surface area contributed by atoms with Crippen LogP contribution in [0.3, 0.4) is 0 Å². The Morgan fingerprint density at radius 1 is 1.53 bits per heavy atom. The molecule has 1 aromatic heterocycles. The number of hydrogen-bond donors (Lipinski definition) is 3. The van der Waals surface area contributed by atoms with Gasteiger partial charge in [0.2, 0.25) is 0 Å². The Bertz CT molecular complexity index is 483. The fourth-order valence-corrected chi connectivity index (χ4v) is 1.36. The number of esters is 1. The summed E-state index contributed by atoms with van der Waals surface area (Å²) in [7, 11) is 0. The summed E-state index contributed by atoms with van der Waals surface area (Å²) in [5.74, 6) is -1.53. The van der Waals surface area contributed by atoms with Crippen LogP contribution in [-0.4, -0.2) is 34.2 Å². The number of aromatic amines is 1. The zero-order valence-electron chi connectivity index (χ0n) is 10.7. The average molecular weight is 268 g/mol. The van der Waals surface area contributed by atoms with Crippen molar-refractivity contribution in [3.63, 3.8) is 0 Å². The van der Waals surface area contributed by atoms with Crippen LogP contribution in [0.25, 0.3) is 0 Å². The molecule has 0 radical (unpaired) electrons. The Labute approximate surface area is 109 Å². The van der Waals surface area contributed by atoms with E-state index >= 15 is 0 Å². The van der Waals surface area contributed by atoms with Crippen LogP contribution in [0, 0.1) is 0 Å². The van der Waals surface area contributed by atoms with Crippen LogP contribution in [0.4, 0.5) is 4.79 Å². The molecule has 0 aliphatic heterocycles. The van der Waals surface area contributed by atoms with Gasteiger partial charge in [0, 0.05) is 5.69 Å². The molecule has 0 bridgehead atoms. The van der Waals surface area contributed by atoms with Crippen molar-refractivity contribution >= 4 is 17.9 Å². The molecule has 104 valence electrons. The van der Waals surface area contributed by atoms with Gasteiger partial charge >= 0.3 is 12.0 Å². The summed E-state index contributed by atoms with van der Waals surface area (Å²) in [5, 5.41) is 8.30. The van der Waals surface area contributed by atoms with Gasteiger partial charge in [-0.15, -0.1) is 0 Å². The summed E-state index contributed by atoms with van der Waals surface area (Å²) in [5.41, 5.74) is 5.68. The highest BCUT2D eigenvalue weighted by Gasteiger charge is 2.21. The predicted molar refractivity (Wildman–Crippen MR) is 65.2 cm³/mol. The van der Waals surface area contributed by atoms with Gasteiger partial charge in [0.05, 0.1) is 0 Å². The SMILES string of the molecule is CCCc1cc(C(=O)O[C@@H](C)C(=O)NC(N)=O)n[nH]1. The lowest BCUT2D eigenvalue weighted by molar-refractivity contribution is -0.127. The number of imide groups is 1. The van der Waals surface area contributed by atoms with E-state index in [2.05, 4.69) is 10.2 Å². The summed E-state index contributed by atoms with van der Waals surface area (Å²) in [4.78, 5) is 33.5. The van der Waals surface area contributed by atoms with Crippen molar-refractivity contribution in [3.05, 3.63) is 17.5 Å². The van der Waals surface area contributed by atoms with Crippen LogP contribution in [-0.2, 0) is 16.0 Å². The quantitative estimate of drug-likeness (QED) is 0.653. The summed E-state index contributed by atoms with van der Waals surface area (Å²) in [6.07, 6.45) is 0.540. The Kier molecular flexibility index (Phi) is 5.04. The highest BCUT2D eigenvalue weighted by molar-refractivity contribution is 5.97. The molecule has 1 aromatic rings. The highest BCUT2D eigenvalue weighted by Crippen LogP contribution is 2.05. The third kappa shape index (κ3) is 4.41. The molecule has 0 unspecified atom stereocenters. The van der Waals surface area contributed by atoms with Crippen LogP contribution in [0.1, 0.15) is 36.5 Å². The molecule has 0 saturated heterocycles. The molecule has 0 aliphatic rings. The first-order valence-corrected chi connectivity index (χ1v) is 5.79. The molecule has 8 nitrogen and oxygen atoms in total. The number of carbonyl (C=O) groups is 3. The molecule has 1 atom stereocenters. The number of nitrogens with one attached hydrogen (secondary N) is 2. The summed E-state index contributed by atoms with van der Waals surface area (Å²) in [6, 6.07) is 0.558. The van der Waals surface area contributed by atoms with E-state index in [1.165, 1.54) is 6.92 Å². The smallest absolute Gasteiger partial charge is 0.359 e. The number of rotatable bonds is 5. The van der Waals surface area contributed by atoms with Gasteiger partial charge in [0.25, 0.3) is 5.91 Å². The largest absolute Gasteiger partial charge is 0.448 e. The molecule has 1 heterocycles. The zero-order chi connectivity index (χ0) is 14.4. The third-order valence-corrected chi connectivity index (χ3v) is 2.26. The van der Waals surface area contributed by atoms with E-state index in [9.17, 15) is 14.4 Å². The number of nitrogens with zero attached hydrogens (tertiary/aromatic N) is 1. The number of aryl methyl sites for hydroxylation is 1. The minimum absolute atomic E-state index is 0.0853. The van der Waals surface area contributed by atoms with Gasteiger partial charge in [-0.2, -0.15) is 5.10 Å². The van der Waals surface area contributed by atoms with E-state index in [0.29, 0.717) is 0 Å². The van der Waals surface area contributed by atoms with Gasteiger partial charge in [-0.25, -0.2) is 9.59 Å². The number of hydrogen-bond acceptors (Lipinski definition) is 5. The van der Waals surface area contributed by atoms with E-state index < -0.39 is 24.0 Å². The first-order chi connectivity index (χ1) is 8.93. The summed E-state index contributed by atoms with van der Waals surface area (Å²) >= 11 is 0. The van der Waals surface area contributed by atoms with Gasteiger partial charge in [-0.05, 0) is 19.4 Å². The second-order valence-corrected chi connectivity index (χ2v) is 3.93. The maximum Gasteiger partial charge on any atom is 0.359 e. The topological polar surface area (TPSA) is 127 Å². The normalized spacial score (nSPS) is 11.7. The number of nitrogens with two attached hydrogens (primary N) is 1. The van der Waals surface area contributed by atoms with Crippen molar-refractivity contribution in [1.82, 2.24) is 15.5 Å². The molecule has 4 N–H and O–H groups in total. The molecule has 0 saturated carbocycles. The van der Waals surface area contributed by atoms with Gasteiger partial charge in [-0.1, -0.05) is 13.3 Å². The number of H-pyrrole nitrogens is 1. The first-order valence-electron chi connectivity index (χ1n) is 5.79. The third-order valence-electron chi connectivity index (χ3n) is 2.26. The Morgan fingerprint density at radius 2 is 2.21 bits per heavy atom. The van der Waals surface area contributed by atoms with Crippen molar-refractivity contribution in [2.75, 3.05) is 0 Å². The van der Waals surface area contributed by atoms with Crippen molar-refractivity contribution in [2.45, 2.75) is 32.8 Å². The Morgan fingerprint density at radius 3 is 2.79 bits per heavy atom. The van der Waals surface area contributed by atoms with E-state index in [0.717, 1.165) is 18.5 Å². The van der Waals surface area contributed by atoms with Gasteiger partial charge < -0.3 is 10.5 Å². The number of amides is 3. The molecule has 0 aliphatic carbocycles. The van der Waals surface area contributed by atoms with E-state index in [1.54, 1.807) is 6.07 Å². The van der Waals surface area contributed by atoms with Gasteiger partial charge in [-0.3, -0.25) is 15.2 Å². The second kappa shape index (κ2) is 6.53. The number of primary amides is 1. The fraction of sp³-hybridized carbons (Fsp3) is 0.455. The molecule has 3 amide bonds. The minimum atomic E-state index is -1.13. The maximum atomic E-state index is 11.7. The Hall–Kier alpha value is -2.38. The van der Waals surface area contributed by atoms with Crippen LogP contribution in [0.2, 0.25) is 0 Å². The number of ether oxygens (including phenoxy) is 1. The Balaban J connectivity index is 2.58. The lowest BCUT2D eigenvalue weighted by atomic mass is 10.2. The lowest BCUT2D eigenvalue weighted by Crippen LogP contribution is -2.42. The van der Waals surface area contributed by atoms with Crippen LogP contribution < -0.4 is 11.1 Å². The molecule has 0 fully saturated rings. The molecule has 8 heteroatoms. The molecular formula is C11H16N4O4. The van der Waals surface area contributed by atoms with Crippen molar-refractivity contribution in [2.24, 2.45) is 5.73 Å². The lowest BCUT2D eigenvalue weighted by Gasteiger charge is -2.10. The monoisotopic (exact) mass is 268 g/mol. The van der Waals surface area contributed by atoms with E-state index in [1.807, 2.05) is 12.2 Å². The van der Waals surface area contributed by atoms with Crippen LogP contribution in [0.5, 0.6) is 0 Å². The predicted octanol–water partition coefficient (Wildman–Crippen LogP) is 0.102. The molecule has 1 rings (SSSR count). The maximum absolute atomic E-state index is 11.7. The molecule has 19 heavy (non-hydrogen) atoms. The first kappa shape index (κ1) is 14.7. The minimum Gasteiger partial charge on any atom is -0.448 e. The summed E-state index contributed by atoms with van der Waals surface area (Å²) < 4.78 is 4.85. The average Bonchev–Trinajstić information content (AvgIpc) is 2.77. The van der Waals surface area contributed by atoms with Crippen molar-refractivity contribution in [1.29, 1.82) is 0 Å². The van der Waals surface area contributed by atoms with E-state index in [4.69, 9.17) is 10.5 Å². The fourth-order valence-electron chi connectivity index (χ4n) is 1.36. The van der Waals surface area contributed by atoms with Gasteiger partial charge in [0.15, 0.2) is 11.8 Å². The molecule has 0 aromatic carbocycles. The van der Waals surface area contributed by atoms with Crippen LogP contribution >= 0.6 is 0 Å².